The van der Waals surface area contributed by atoms with Crippen molar-refractivity contribution >= 4 is 5.82 Å². The van der Waals surface area contributed by atoms with Crippen LogP contribution in [-0.4, -0.2) is 23.0 Å². The molecular formula is C13H22N4. The number of nitrogens with zero attached hydrogens (tertiary/aromatic N) is 2. The molecule has 0 saturated heterocycles. The summed E-state index contributed by atoms with van der Waals surface area (Å²) in [6.07, 6.45) is 6.13. The minimum Gasteiger partial charge on any atom is -0.308 e. The molecule has 4 heteroatoms. The Morgan fingerprint density at radius 2 is 2.29 bits per heavy atom. The van der Waals surface area contributed by atoms with Crippen LogP contribution in [0.15, 0.2) is 18.3 Å². The molecule has 17 heavy (non-hydrogen) atoms. The maximum Gasteiger partial charge on any atom is 0.139 e. The van der Waals surface area contributed by atoms with Crippen LogP contribution in [0.3, 0.4) is 0 Å². The highest BCUT2D eigenvalue weighted by atomic mass is 15.2. The monoisotopic (exact) mass is 234 g/mol. The summed E-state index contributed by atoms with van der Waals surface area (Å²) in [5.74, 6) is 6.94. The van der Waals surface area contributed by atoms with Crippen LogP contribution in [0.1, 0.15) is 31.7 Å². The molecule has 0 spiro atoms. The van der Waals surface area contributed by atoms with Gasteiger partial charge in [-0.1, -0.05) is 19.4 Å². The number of hydrazine groups is 1. The van der Waals surface area contributed by atoms with Crippen molar-refractivity contribution in [1.29, 1.82) is 0 Å². The number of aromatic nitrogens is 1. The summed E-state index contributed by atoms with van der Waals surface area (Å²) in [5.41, 5.74) is 3.80. The standard InChI is InChI=1S/C13H22N4/c1-2-17(9-11-4-3-5-11)10-12-6-7-13(16-14)15-8-12/h6-8,11H,2-5,9-10,14H2,1H3,(H,15,16). The van der Waals surface area contributed by atoms with Gasteiger partial charge in [0.25, 0.3) is 0 Å². The largest absolute Gasteiger partial charge is 0.308 e. The second-order valence-corrected chi connectivity index (χ2v) is 4.82. The first-order valence-electron chi connectivity index (χ1n) is 6.45. The fourth-order valence-corrected chi connectivity index (χ4v) is 2.21. The smallest absolute Gasteiger partial charge is 0.139 e. The van der Waals surface area contributed by atoms with Crippen molar-refractivity contribution in [3.05, 3.63) is 23.9 Å². The number of rotatable bonds is 6. The zero-order valence-electron chi connectivity index (χ0n) is 10.5. The maximum atomic E-state index is 5.30. The van der Waals surface area contributed by atoms with E-state index in [9.17, 15) is 0 Å². The van der Waals surface area contributed by atoms with Gasteiger partial charge in [0.15, 0.2) is 0 Å². The first-order valence-corrected chi connectivity index (χ1v) is 6.45. The summed E-state index contributed by atoms with van der Waals surface area (Å²) in [5, 5.41) is 0. The molecule has 1 aromatic rings. The van der Waals surface area contributed by atoms with Crippen LogP contribution in [0.4, 0.5) is 5.82 Å². The summed E-state index contributed by atoms with van der Waals surface area (Å²) >= 11 is 0. The van der Waals surface area contributed by atoms with Gasteiger partial charge in [0.2, 0.25) is 0 Å². The van der Waals surface area contributed by atoms with Gasteiger partial charge in [0.05, 0.1) is 0 Å². The highest BCUT2D eigenvalue weighted by Crippen LogP contribution is 2.27. The first kappa shape index (κ1) is 12.3. The van der Waals surface area contributed by atoms with Gasteiger partial charge in [-0.2, -0.15) is 0 Å². The second-order valence-electron chi connectivity index (χ2n) is 4.82. The average Bonchev–Trinajstić information content (AvgIpc) is 2.33. The molecule has 1 aromatic heterocycles. The highest BCUT2D eigenvalue weighted by molar-refractivity contribution is 5.33. The molecular weight excluding hydrogens is 212 g/mol. The van der Waals surface area contributed by atoms with E-state index in [1.54, 1.807) is 0 Å². The van der Waals surface area contributed by atoms with Crippen LogP contribution in [0.5, 0.6) is 0 Å². The summed E-state index contributed by atoms with van der Waals surface area (Å²) in [4.78, 5) is 6.73. The lowest BCUT2D eigenvalue weighted by molar-refractivity contribution is 0.178. The van der Waals surface area contributed by atoms with Gasteiger partial charge in [-0.3, -0.25) is 4.90 Å². The molecule has 0 atom stereocenters. The molecule has 4 nitrogen and oxygen atoms in total. The SMILES string of the molecule is CCN(Cc1ccc(NN)nc1)CC1CCC1. The van der Waals surface area contributed by atoms with Gasteiger partial charge < -0.3 is 5.43 Å². The lowest BCUT2D eigenvalue weighted by Crippen LogP contribution is -2.32. The van der Waals surface area contributed by atoms with E-state index in [2.05, 4.69) is 28.3 Å². The summed E-state index contributed by atoms with van der Waals surface area (Å²) in [7, 11) is 0. The number of anilines is 1. The topological polar surface area (TPSA) is 54.2 Å². The van der Waals surface area contributed by atoms with E-state index in [0.717, 1.165) is 24.8 Å². The molecule has 0 aliphatic heterocycles. The molecule has 1 aliphatic rings. The fraction of sp³-hybridized carbons (Fsp3) is 0.615. The quantitative estimate of drug-likeness (QED) is 0.584. The zero-order chi connectivity index (χ0) is 12.1. The van der Waals surface area contributed by atoms with Crippen LogP contribution in [0.25, 0.3) is 0 Å². The molecule has 1 aliphatic carbocycles. The number of hydrogen-bond acceptors (Lipinski definition) is 4. The minimum atomic E-state index is 0.718. The fourth-order valence-electron chi connectivity index (χ4n) is 2.21. The third-order valence-electron chi connectivity index (χ3n) is 3.57. The molecule has 2 rings (SSSR count). The summed E-state index contributed by atoms with van der Waals surface area (Å²) in [6.45, 7) is 5.55. The molecule has 3 N–H and O–H groups in total. The summed E-state index contributed by atoms with van der Waals surface area (Å²) < 4.78 is 0. The molecule has 94 valence electrons. The third kappa shape index (κ3) is 3.41. The van der Waals surface area contributed by atoms with Crippen molar-refractivity contribution < 1.29 is 0 Å². The zero-order valence-corrected chi connectivity index (χ0v) is 10.5. The molecule has 1 heterocycles. The van der Waals surface area contributed by atoms with Gasteiger partial charge in [-0.05, 0) is 36.9 Å². The van der Waals surface area contributed by atoms with Crippen LogP contribution in [0, 0.1) is 5.92 Å². The van der Waals surface area contributed by atoms with Gasteiger partial charge in [0, 0.05) is 19.3 Å². The van der Waals surface area contributed by atoms with Crippen molar-refractivity contribution in [2.24, 2.45) is 11.8 Å². The Bertz CT molecular complexity index is 332. The number of nitrogens with two attached hydrogens (primary N) is 1. The van der Waals surface area contributed by atoms with E-state index in [-0.39, 0.29) is 0 Å². The minimum absolute atomic E-state index is 0.718. The van der Waals surface area contributed by atoms with Gasteiger partial charge in [-0.25, -0.2) is 10.8 Å². The molecule has 1 fully saturated rings. The normalized spacial score (nSPS) is 15.9. The molecule has 0 bridgehead atoms. The van der Waals surface area contributed by atoms with Crippen LogP contribution in [-0.2, 0) is 6.54 Å². The highest BCUT2D eigenvalue weighted by Gasteiger charge is 2.19. The summed E-state index contributed by atoms with van der Waals surface area (Å²) in [6, 6.07) is 4.01. The van der Waals surface area contributed by atoms with Crippen molar-refractivity contribution in [1.82, 2.24) is 9.88 Å². The first-order chi connectivity index (χ1) is 8.31. The Balaban J connectivity index is 1.87. The van der Waals surface area contributed by atoms with Crippen LogP contribution < -0.4 is 11.3 Å². The Morgan fingerprint density at radius 3 is 2.76 bits per heavy atom. The van der Waals surface area contributed by atoms with Crippen molar-refractivity contribution in [3.63, 3.8) is 0 Å². The third-order valence-corrected chi connectivity index (χ3v) is 3.57. The van der Waals surface area contributed by atoms with Crippen molar-refractivity contribution in [3.8, 4) is 0 Å². The Morgan fingerprint density at radius 1 is 1.47 bits per heavy atom. The number of nitrogen functional groups attached to an aromatic ring is 1. The van der Waals surface area contributed by atoms with E-state index in [1.807, 2.05) is 12.3 Å². The Kier molecular flexibility index (Phi) is 4.34. The van der Waals surface area contributed by atoms with E-state index in [4.69, 9.17) is 5.84 Å². The van der Waals surface area contributed by atoms with Gasteiger partial charge in [-0.15, -0.1) is 0 Å². The Hall–Kier alpha value is -1.13. The lowest BCUT2D eigenvalue weighted by atomic mass is 9.85. The van der Waals surface area contributed by atoms with E-state index in [1.165, 1.54) is 31.4 Å². The molecule has 0 aromatic carbocycles. The number of hydrogen-bond donors (Lipinski definition) is 2. The maximum absolute atomic E-state index is 5.30. The van der Waals surface area contributed by atoms with Crippen LogP contribution >= 0.6 is 0 Å². The van der Waals surface area contributed by atoms with E-state index < -0.39 is 0 Å². The van der Waals surface area contributed by atoms with E-state index >= 15 is 0 Å². The predicted octanol–water partition coefficient (Wildman–Crippen LogP) is 1.99. The molecule has 0 radical (unpaired) electrons. The van der Waals surface area contributed by atoms with Crippen molar-refractivity contribution in [2.75, 3.05) is 18.5 Å². The van der Waals surface area contributed by atoms with Gasteiger partial charge >= 0.3 is 0 Å². The number of pyridine rings is 1. The second kappa shape index (κ2) is 5.98. The molecule has 1 saturated carbocycles. The van der Waals surface area contributed by atoms with Gasteiger partial charge in [0.1, 0.15) is 5.82 Å². The van der Waals surface area contributed by atoms with Crippen molar-refractivity contribution in [2.45, 2.75) is 32.7 Å². The molecule has 0 unspecified atom stereocenters. The average molecular weight is 234 g/mol. The number of nitrogens with one attached hydrogen (secondary N) is 1. The molecule has 0 amide bonds. The van der Waals surface area contributed by atoms with E-state index in [0.29, 0.717) is 0 Å². The van der Waals surface area contributed by atoms with Crippen LogP contribution in [0.2, 0.25) is 0 Å². The lowest BCUT2D eigenvalue weighted by Gasteiger charge is -2.31. The predicted molar refractivity (Wildman–Crippen MR) is 70.3 cm³/mol. The Labute approximate surface area is 103 Å².